The largest absolute Gasteiger partial charge is 0.494 e. The lowest BCUT2D eigenvalue weighted by Gasteiger charge is -2.22. The number of aromatic hydroxyl groups is 1. The molecule has 10 nitrogen and oxygen atoms in total. The standard InChI is InChI=1S/C23H20N6O4/c30-19-8-7-18(20(31)27-19)29-12-15-9-13(5-6-16(15)21(29)32)10-25-23(33)28-22-24-11-14-3-1-2-4-17(14)26-22/h1-6,9,11-12,18,32H,7-8,10H2,(H,27,30,31)(H2,24,25,26,28,33). The number of urea groups is 1. The zero-order valence-corrected chi connectivity index (χ0v) is 17.4. The van der Waals surface area contributed by atoms with Crippen LogP contribution in [0.15, 0.2) is 54.9 Å². The van der Waals surface area contributed by atoms with Crippen LogP contribution in [0.4, 0.5) is 10.7 Å². The molecule has 166 valence electrons. The Labute approximate surface area is 187 Å². The van der Waals surface area contributed by atoms with E-state index in [1.807, 2.05) is 30.3 Å². The molecule has 0 aliphatic carbocycles. The predicted molar refractivity (Wildman–Crippen MR) is 120 cm³/mol. The Morgan fingerprint density at radius 2 is 2.03 bits per heavy atom. The van der Waals surface area contributed by atoms with Gasteiger partial charge in [0.25, 0.3) is 0 Å². The number of aromatic nitrogens is 3. The lowest BCUT2D eigenvalue weighted by atomic mass is 10.1. The van der Waals surface area contributed by atoms with Crippen LogP contribution in [0.3, 0.4) is 0 Å². The monoisotopic (exact) mass is 444 g/mol. The molecule has 0 radical (unpaired) electrons. The van der Waals surface area contributed by atoms with Crippen LogP contribution in [0.25, 0.3) is 21.7 Å². The molecule has 1 unspecified atom stereocenters. The molecule has 0 spiro atoms. The van der Waals surface area contributed by atoms with E-state index in [9.17, 15) is 19.5 Å². The van der Waals surface area contributed by atoms with Crippen molar-refractivity contribution in [1.29, 1.82) is 0 Å². The average Bonchev–Trinajstić information content (AvgIpc) is 3.13. The van der Waals surface area contributed by atoms with Crippen molar-refractivity contribution >= 4 is 45.5 Å². The summed E-state index contributed by atoms with van der Waals surface area (Å²) in [4.78, 5) is 44.3. The van der Waals surface area contributed by atoms with Crippen molar-refractivity contribution in [3.8, 4) is 5.88 Å². The summed E-state index contributed by atoms with van der Waals surface area (Å²) in [7, 11) is 0. The molecule has 10 heteroatoms. The third-order valence-corrected chi connectivity index (χ3v) is 5.59. The molecule has 4 aromatic rings. The van der Waals surface area contributed by atoms with E-state index in [4.69, 9.17) is 0 Å². The fourth-order valence-corrected chi connectivity index (χ4v) is 3.93. The molecule has 1 aliphatic heterocycles. The van der Waals surface area contributed by atoms with Crippen LogP contribution in [-0.2, 0) is 16.1 Å². The molecule has 4 N–H and O–H groups in total. The average molecular weight is 444 g/mol. The first kappa shape index (κ1) is 20.4. The number of imide groups is 1. The number of rotatable bonds is 4. The van der Waals surface area contributed by atoms with E-state index >= 15 is 0 Å². The Kier molecular flexibility index (Phi) is 5.09. The van der Waals surface area contributed by atoms with Crippen molar-refractivity contribution < 1.29 is 19.5 Å². The minimum Gasteiger partial charge on any atom is -0.494 e. The maximum atomic E-state index is 12.3. The fraction of sp³-hybridized carbons (Fsp3) is 0.174. The molecule has 2 aromatic carbocycles. The van der Waals surface area contributed by atoms with E-state index in [1.54, 1.807) is 24.5 Å². The van der Waals surface area contributed by atoms with Crippen LogP contribution >= 0.6 is 0 Å². The van der Waals surface area contributed by atoms with Crippen LogP contribution in [0.1, 0.15) is 24.4 Å². The number of fused-ring (bicyclic) bond motifs is 2. The predicted octanol–water partition coefficient (Wildman–Crippen LogP) is 2.59. The van der Waals surface area contributed by atoms with Gasteiger partial charge in [-0.25, -0.2) is 14.8 Å². The van der Waals surface area contributed by atoms with E-state index in [0.29, 0.717) is 11.8 Å². The molecule has 1 atom stereocenters. The quantitative estimate of drug-likeness (QED) is 0.357. The number of nitrogens with zero attached hydrogens (tertiary/aromatic N) is 3. The molecule has 0 saturated carbocycles. The van der Waals surface area contributed by atoms with Crippen LogP contribution in [0.5, 0.6) is 5.88 Å². The van der Waals surface area contributed by atoms with Crippen molar-refractivity contribution in [3.63, 3.8) is 0 Å². The topological polar surface area (TPSA) is 138 Å². The van der Waals surface area contributed by atoms with Crippen molar-refractivity contribution in [3.05, 3.63) is 60.4 Å². The molecule has 5 rings (SSSR count). The van der Waals surface area contributed by atoms with Gasteiger partial charge in [-0.05, 0) is 30.2 Å². The second-order valence-electron chi connectivity index (χ2n) is 7.81. The van der Waals surface area contributed by atoms with Gasteiger partial charge in [0, 0.05) is 41.5 Å². The van der Waals surface area contributed by atoms with Gasteiger partial charge in [-0.2, -0.15) is 0 Å². The zero-order valence-electron chi connectivity index (χ0n) is 17.4. The van der Waals surface area contributed by atoms with Crippen LogP contribution < -0.4 is 16.0 Å². The highest BCUT2D eigenvalue weighted by Crippen LogP contribution is 2.33. The number of nitrogens with one attached hydrogen (secondary N) is 3. The summed E-state index contributed by atoms with van der Waals surface area (Å²) in [6.45, 7) is 0.236. The molecule has 3 heterocycles. The molecule has 2 aromatic heterocycles. The summed E-state index contributed by atoms with van der Waals surface area (Å²) >= 11 is 0. The fourth-order valence-electron chi connectivity index (χ4n) is 3.93. The third kappa shape index (κ3) is 4.05. The maximum absolute atomic E-state index is 12.3. The normalized spacial score (nSPS) is 16.1. The number of hydrogen-bond donors (Lipinski definition) is 4. The Balaban J connectivity index is 1.27. The van der Waals surface area contributed by atoms with Gasteiger partial charge < -0.3 is 15.0 Å². The number of carbonyl (C=O) groups is 3. The second-order valence-corrected chi connectivity index (χ2v) is 7.81. The Hall–Kier alpha value is -4.47. The number of piperidine rings is 1. The lowest BCUT2D eigenvalue weighted by molar-refractivity contribution is -0.135. The molecule has 1 saturated heterocycles. The van der Waals surface area contributed by atoms with Gasteiger partial charge in [0.2, 0.25) is 17.8 Å². The minimum absolute atomic E-state index is 0.0368. The first-order valence-electron chi connectivity index (χ1n) is 10.4. The number of hydrogen-bond acceptors (Lipinski definition) is 6. The van der Waals surface area contributed by atoms with Crippen molar-refractivity contribution in [2.45, 2.75) is 25.4 Å². The lowest BCUT2D eigenvalue weighted by Crippen LogP contribution is -2.41. The summed E-state index contributed by atoms with van der Waals surface area (Å²) < 4.78 is 1.48. The summed E-state index contributed by atoms with van der Waals surface area (Å²) in [5.74, 6) is -0.581. The molecule has 1 aliphatic rings. The number of amides is 4. The Bertz CT molecular complexity index is 1410. The Morgan fingerprint density at radius 3 is 2.88 bits per heavy atom. The van der Waals surface area contributed by atoms with E-state index in [0.717, 1.165) is 21.9 Å². The molecule has 33 heavy (non-hydrogen) atoms. The minimum atomic E-state index is -0.649. The Morgan fingerprint density at radius 1 is 1.18 bits per heavy atom. The van der Waals surface area contributed by atoms with Gasteiger partial charge >= 0.3 is 6.03 Å². The summed E-state index contributed by atoms with van der Waals surface area (Å²) in [5, 5.41) is 20.4. The van der Waals surface area contributed by atoms with Crippen LogP contribution in [0, 0.1) is 0 Å². The van der Waals surface area contributed by atoms with Crippen LogP contribution in [0.2, 0.25) is 0 Å². The molecular formula is C23H20N6O4. The molecule has 0 bridgehead atoms. The number of benzene rings is 2. The summed E-state index contributed by atoms with van der Waals surface area (Å²) in [5.41, 5.74) is 1.53. The smallest absolute Gasteiger partial charge is 0.321 e. The molecule has 4 amide bonds. The SMILES string of the molecule is O=C1CCC(n2cc3cc(CNC(=O)Nc4ncc5ccccc5n4)ccc3c2O)C(=O)N1. The number of para-hydroxylation sites is 1. The first-order chi connectivity index (χ1) is 16.0. The van der Waals surface area contributed by atoms with Gasteiger partial charge in [-0.1, -0.05) is 24.3 Å². The zero-order chi connectivity index (χ0) is 22.9. The highest BCUT2D eigenvalue weighted by atomic mass is 16.3. The van der Waals surface area contributed by atoms with Gasteiger partial charge in [0.1, 0.15) is 6.04 Å². The van der Waals surface area contributed by atoms with Gasteiger partial charge in [-0.3, -0.25) is 20.2 Å². The first-order valence-corrected chi connectivity index (χ1v) is 10.4. The second kappa shape index (κ2) is 8.23. The van der Waals surface area contributed by atoms with E-state index in [-0.39, 0.29) is 30.7 Å². The highest BCUT2D eigenvalue weighted by molar-refractivity contribution is 6.00. The third-order valence-electron chi connectivity index (χ3n) is 5.59. The summed E-state index contributed by atoms with van der Waals surface area (Å²) in [6, 6.07) is 11.7. The maximum Gasteiger partial charge on any atom is 0.321 e. The van der Waals surface area contributed by atoms with Gasteiger partial charge in [-0.15, -0.1) is 0 Å². The van der Waals surface area contributed by atoms with E-state index in [2.05, 4.69) is 25.9 Å². The van der Waals surface area contributed by atoms with Gasteiger partial charge in [0.05, 0.1) is 5.52 Å². The molecule has 1 fully saturated rings. The molecular weight excluding hydrogens is 424 g/mol. The van der Waals surface area contributed by atoms with Crippen molar-refractivity contribution in [1.82, 2.24) is 25.2 Å². The van der Waals surface area contributed by atoms with Gasteiger partial charge in [0.15, 0.2) is 5.88 Å². The van der Waals surface area contributed by atoms with Crippen molar-refractivity contribution in [2.75, 3.05) is 5.32 Å². The van der Waals surface area contributed by atoms with Crippen molar-refractivity contribution in [2.24, 2.45) is 0 Å². The number of carbonyl (C=O) groups excluding carboxylic acids is 3. The number of anilines is 1. The highest BCUT2D eigenvalue weighted by Gasteiger charge is 2.30. The van der Waals surface area contributed by atoms with Crippen LogP contribution in [-0.4, -0.2) is 37.5 Å². The summed E-state index contributed by atoms with van der Waals surface area (Å²) in [6.07, 6.45) is 3.86. The van der Waals surface area contributed by atoms with E-state index < -0.39 is 18.0 Å². The van der Waals surface area contributed by atoms with E-state index in [1.165, 1.54) is 4.57 Å².